The number of methoxy groups -OCH3 is 2. The van der Waals surface area contributed by atoms with Crippen molar-refractivity contribution in [2.45, 2.75) is 19.8 Å². The molecule has 0 saturated carbocycles. The van der Waals surface area contributed by atoms with Crippen LogP contribution in [0, 0.1) is 25.2 Å². The van der Waals surface area contributed by atoms with Crippen LogP contribution in [-0.4, -0.2) is 26.2 Å². The van der Waals surface area contributed by atoms with Gasteiger partial charge in [-0.2, -0.15) is 5.26 Å². The maximum atomic E-state index is 13.0. The van der Waals surface area contributed by atoms with Crippen molar-refractivity contribution in [1.82, 2.24) is 0 Å². The van der Waals surface area contributed by atoms with E-state index in [-0.39, 0.29) is 22.7 Å². The molecule has 8 heteroatoms. The highest BCUT2D eigenvalue weighted by atomic mass is 79.9. The lowest BCUT2D eigenvalue weighted by Crippen LogP contribution is -2.40. The molecule has 0 aromatic heterocycles. The molecule has 2 aromatic rings. The van der Waals surface area contributed by atoms with Crippen LogP contribution < -0.4 is 10.6 Å². The van der Waals surface area contributed by atoms with Gasteiger partial charge < -0.3 is 15.2 Å². The number of hydrogen-bond acceptors (Lipinski definition) is 7. The van der Waals surface area contributed by atoms with E-state index < -0.39 is 17.9 Å². The average Bonchev–Trinajstić information content (AvgIpc) is 2.80. The Balaban J connectivity index is 2.44. The maximum Gasteiger partial charge on any atom is 0.355 e. The van der Waals surface area contributed by atoms with E-state index in [9.17, 15) is 14.9 Å². The summed E-state index contributed by atoms with van der Waals surface area (Å²) in [6, 6.07) is 14.6. The first-order chi connectivity index (χ1) is 15.3. The third-order valence-corrected chi connectivity index (χ3v) is 6.54. The third kappa shape index (κ3) is 3.87. The molecule has 0 fully saturated rings. The fourth-order valence-corrected chi connectivity index (χ4v) is 4.06. The zero-order valence-corrected chi connectivity index (χ0v) is 19.7. The molecule has 0 spiro atoms. The van der Waals surface area contributed by atoms with Crippen LogP contribution >= 0.6 is 15.9 Å². The molecule has 0 saturated heterocycles. The zero-order valence-electron chi connectivity index (χ0n) is 18.1. The second-order valence-corrected chi connectivity index (χ2v) is 8.02. The smallest absolute Gasteiger partial charge is 0.355 e. The largest absolute Gasteiger partial charge is 0.466 e. The predicted molar refractivity (Wildman–Crippen MR) is 123 cm³/mol. The van der Waals surface area contributed by atoms with Gasteiger partial charge in [0.05, 0.1) is 37.4 Å². The van der Waals surface area contributed by atoms with Crippen LogP contribution in [0.5, 0.6) is 0 Å². The number of nitrogens with zero attached hydrogens (tertiary/aromatic N) is 2. The topological polar surface area (TPSA) is 106 Å². The summed E-state index contributed by atoms with van der Waals surface area (Å²) >= 11 is 3.53. The summed E-state index contributed by atoms with van der Waals surface area (Å²) in [5.74, 6) is -2.38. The Kier molecular flexibility index (Phi) is 6.70. The van der Waals surface area contributed by atoms with Crippen molar-refractivity contribution >= 4 is 33.6 Å². The standard InChI is InChI=1S/C24H22BrN3O4/c1-13-10-16(11-14(2)20(13)25)28-21(24(30)32-4)19(23(29)31-3)18(17(12-26)22(28)27)15-8-6-5-7-9-15/h5-11,18H,27H2,1-4H3. The molecule has 32 heavy (non-hydrogen) atoms. The second kappa shape index (κ2) is 9.28. The minimum atomic E-state index is -0.892. The van der Waals surface area contributed by atoms with E-state index in [2.05, 4.69) is 22.0 Å². The second-order valence-electron chi connectivity index (χ2n) is 7.23. The molecule has 0 radical (unpaired) electrons. The van der Waals surface area contributed by atoms with Gasteiger partial charge in [0.15, 0.2) is 0 Å². The van der Waals surface area contributed by atoms with Crippen molar-refractivity contribution in [2.24, 2.45) is 5.73 Å². The SMILES string of the molecule is COC(=O)C1=C(C(=O)OC)N(c2cc(C)c(Br)c(C)c2)C(N)=C(C#N)C1c1ccccc1. The van der Waals surface area contributed by atoms with E-state index in [1.807, 2.05) is 19.9 Å². The summed E-state index contributed by atoms with van der Waals surface area (Å²) < 4.78 is 11.0. The molecule has 0 bridgehead atoms. The number of nitriles is 1. The van der Waals surface area contributed by atoms with Crippen LogP contribution in [0.4, 0.5) is 5.69 Å². The lowest BCUT2D eigenvalue weighted by atomic mass is 9.81. The van der Waals surface area contributed by atoms with E-state index >= 15 is 0 Å². The normalized spacial score (nSPS) is 16.0. The van der Waals surface area contributed by atoms with Crippen molar-refractivity contribution in [3.05, 3.63) is 86.3 Å². The highest BCUT2D eigenvalue weighted by molar-refractivity contribution is 9.10. The zero-order chi connectivity index (χ0) is 23.6. The first-order valence-corrected chi connectivity index (χ1v) is 10.5. The van der Waals surface area contributed by atoms with Gasteiger partial charge in [-0.1, -0.05) is 46.3 Å². The molecule has 1 aliphatic heterocycles. The van der Waals surface area contributed by atoms with Gasteiger partial charge in [-0.15, -0.1) is 0 Å². The van der Waals surface area contributed by atoms with E-state index in [1.165, 1.54) is 19.1 Å². The number of esters is 2. The number of rotatable bonds is 4. The molecule has 3 rings (SSSR count). The molecular formula is C24H22BrN3O4. The van der Waals surface area contributed by atoms with E-state index in [1.54, 1.807) is 36.4 Å². The Hall–Kier alpha value is -3.57. The highest BCUT2D eigenvalue weighted by Crippen LogP contribution is 2.43. The molecule has 2 aromatic carbocycles. The van der Waals surface area contributed by atoms with Gasteiger partial charge in [0, 0.05) is 10.2 Å². The highest BCUT2D eigenvalue weighted by Gasteiger charge is 2.43. The summed E-state index contributed by atoms with van der Waals surface area (Å²) in [5, 5.41) is 10.1. The number of halogens is 1. The average molecular weight is 496 g/mol. The third-order valence-electron chi connectivity index (χ3n) is 5.29. The van der Waals surface area contributed by atoms with Crippen LogP contribution in [0.25, 0.3) is 0 Å². The summed E-state index contributed by atoms with van der Waals surface area (Å²) in [4.78, 5) is 27.4. The molecule has 7 nitrogen and oxygen atoms in total. The van der Waals surface area contributed by atoms with Crippen molar-refractivity contribution < 1.29 is 19.1 Å². The molecule has 1 atom stereocenters. The molecule has 1 aliphatic rings. The number of ether oxygens (including phenoxy) is 2. The quantitative estimate of drug-likeness (QED) is 0.639. The van der Waals surface area contributed by atoms with Crippen molar-refractivity contribution in [2.75, 3.05) is 19.1 Å². The number of carbonyl (C=O) groups is 2. The van der Waals surface area contributed by atoms with Crippen LogP contribution in [0.15, 0.2) is 69.6 Å². The van der Waals surface area contributed by atoms with Gasteiger partial charge >= 0.3 is 11.9 Å². The Morgan fingerprint density at radius 3 is 2.12 bits per heavy atom. The molecular weight excluding hydrogens is 474 g/mol. The Bertz CT molecular complexity index is 1170. The van der Waals surface area contributed by atoms with Crippen LogP contribution in [0.3, 0.4) is 0 Å². The number of anilines is 1. The monoisotopic (exact) mass is 495 g/mol. The fraction of sp³-hybridized carbons (Fsp3) is 0.208. The number of carbonyl (C=O) groups excluding carboxylic acids is 2. The molecule has 164 valence electrons. The molecule has 0 amide bonds. The van der Waals surface area contributed by atoms with Crippen LogP contribution in [0.2, 0.25) is 0 Å². The number of hydrogen-bond donors (Lipinski definition) is 1. The number of nitrogens with two attached hydrogens (primary N) is 1. The summed E-state index contributed by atoms with van der Waals surface area (Å²) in [6.45, 7) is 3.79. The first-order valence-electron chi connectivity index (χ1n) is 9.69. The minimum Gasteiger partial charge on any atom is -0.466 e. The first kappa shape index (κ1) is 23.1. The molecule has 1 heterocycles. The van der Waals surface area contributed by atoms with E-state index in [0.29, 0.717) is 11.3 Å². The summed E-state index contributed by atoms with van der Waals surface area (Å²) in [5.41, 5.74) is 9.43. The fourth-order valence-electron chi connectivity index (χ4n) is 3.83. The number of aryl methyl sites for hydroxylation is 2. The summed E-state index contributed by atoms with van der Waals surface area (Å²) in [7, 11) is 2.44. The van der Waals surface area contributed by atoms with E-state index in [0.717, 1.165) is 15.6 Å². The maximum absolute atomic E-state index is 13.0. The van der Waals surface area contributed by atoms with Gasteiger partial charge in [-0.25, -0.2) is 9.59 Å². The Morgan fingerprint density at radius 1 is 1.06 bits per heavy atom. The minimum absolute atomic E-state index is 0.0190. The molecule has 0 aliphatic carbocycles. The van der Waals surface area contributed by atoms with Crippen LogP contribution in [-0.2, 0) is 19.1 Å². The van der Waals surface area contributed by atoms with Gasteiger partial charge in [0.1, 0.15) is 11.5 Å². The lowest BCUT2D eigenvalue weighted by molar-refractivity contribution is -0.139. The predicted octanol–water partition coefficient (Wildman–Crippen LogP) is 3.96. The van der Waals surface area contributed by atoms with Crippen molar-refractivity contribution in [3.63, 3.8) is 0 Å². The van der Waals surface area contributed by atoms with Gasteiger partial charge in [0.25, 0.3) is 0 Å². The Labute approximate surface area is 194 Å². The van der Waals surface area contributed by atoms with Gasteiger partial charge in [-0.05, 0) is 42.7 Å². The number of allylic oxidation sites excluding steroid dienone is 1. The molecule has 1 unspecified atom stereocenters. The van der Waals surface area contributed by atoms with Gasteiger partial charge in [0.2, 0.25) is 0 Å². The summed E-state index contributed by atoms with van der Waals surface area (Å²) in [6.07, 6.45) is 0. The van der Waals surface area contributed by atoms with Crippen molar-refractivity contribution in [1.29, 1.82) is 5.26 Å². The van der Waals surface area contributed by atoms with Gasteiger partial charge in [-0.3, -0.25) is 4.90 Å². The van der Waals surface area contributed by atoms with E-state index in [4.69, 9.17) is 15.2 Å². The van der Waals surface area contributed by atoms with Crippen molar-refractivity contribution in [3.8, 4) is 6.07 Å². The van der Waals surface area contributed by atoms with Crippen LogP contribution in [0.1, 0.15) is 22.6 Å². The number of benzene rings is 2. The Morgan fingerprint density at radius 2 is 1.62 bits per heavy atom. The lowest BCUT2D eigenvalue weighted by Gasteiger charge is -2.36. The molecule has 2 N–H and O–H groups in total.